The lowest BCUT2D eigenvalue weighted by molar-refractivity contribution is 1.01. The van der Waals surface area contributed by atoms with Crippen molar-refractivity contribution >= 4 is 0 Å². The molecule has 0 spiro atoms. The molecule has 0 aliphatic rings. The molecule has 0 saturated carbocycles. The van der Waals surface area contributed by atoms with Gasteiger partial charge in [0.1, 0.15) is 0 Å². The fourth-order valence-electron chi connectivity index (χ4n) is 0.319. The molecule has 1 radical (unpaired) electrons. The summed E-state index contributed by atoms with van der Waals surface area (Å²) in [6.07, 6.45) is 6.04. The minimum absolute atomic E-state index is 0.984. The van der Waals surface area contributed by atoms with Crippen molar-refractivity contribution in [1.29, 1.82) is 0 Å². The summed E-state index contributed by atoms with van der Waals surface area (Å²) in [5.74, 6) is 0. The molecule has 0 bridgehead atoms. The van der Waals surface area contributed by atoms with Gasteiger partial charge in [-0.3, -0.25) is 0 Å². The SMILES string of the molecule is [CH2]CC/C=C/NC. The van der Waals surface area contributed by atoms with Gasteiger partial charge in [-0.15, -0.1) is 0 Å². The lowest BCUT2D eigenvalue weighted by Crippen LogP contribution is -1.90. The van der Waals surface area contributed by atoms with Crippen molar-refractivity contribution in [3.8, 4) is 0 Å². The van der Waals surface area contributed by atoms with Gasteiger partial charge in [0.05, 0.1) is 0 Å². The van der Waals surface area contributed by atoms with Crippen LogP contribution in [0.1, 0.15) is 12.8 Å². The van der Waals surface area contributed by atoms with Crippen molar-refractivity contribution in [2.75, 3.05) is 7.05 Å². The molecule has 0 saturated heterocycles. The van der Waals surface area contributed by atoms with Crippen LogP contribution in [0.15, 0.2) is 12.3 Å². The maximum atomic E-state index is 3.68. The molecule has 0 aliphatic heterocycles. The first kappa shape index (κ1) is 6.54. The van der Waals surface area contributed by atoms with E-state index in [9.17, 15) is 0 Å². The van der Waals surface area contributed by atoms with Crippen LogP contribution in [0.2, 0.25) is 0 Å². The molecule has 0 aromatic rings. The fourth-order valence-corrected chi connectivity index (χ4v) is 0.319. The van der Waals surface area contributed by atoms with Gasteiger partial charge in [0, 0.05) is 7.05 Å². The summed E-state index contributed by atoms with van der Waals surface area (Å²) in [6.45, 7) is 3.68. The lowest BCUT2D eigenvalue weighted by Gasteiger charge is -1.83. The van der Waals surface area contributed by atoms with Gasteiger partial charge in [-0.2, -0.15) is 0 Å². The summed E-state index contributed by atoms with van der Waals surface area (Å²) in [5.41, 5.74) is 0. The first-order valence-corrected chi connectivity index (χ1v) is 2.53. The van der Waals surface area contributed by atoms with E-state index in [0.29, 0.717) is 0 Å². The Labute approximate surface area is 45.4 Å². The molecule has 0 heterocycles. The average Bonchev–Trinajstić information content (AvgIpc) is 1.69. The van der Waals surface area contributed by atoms with E-state index < -0.39 is 0 Å². The van der Waals surface area contributed by atoms with E-state index in [-0.39, 0.29) is 0 Å². The smallest absolute Gasteiger partial charge is 0.00276 e. The van der Waals surface area contributed by atoms with Crippen molar-refractivity contribution < 1.29 is 0 Å². The maximum absolute atomic E-state index is 3.68. The molecule has 0 amide bonds. The Morgan fingerprint density at radius 3 is 2.86 bits per heavy atom. The molecule has 0 rings (SSSR count). The van der Waals surface area contributed by atoms with E-state index in [1.165, 1.54) is 0 Å². The Bertz CT molecular complexity index is 48.1. The van der Waals surface area contributed by atoms with Gasteiger partial charge in [0.25, 0.3) is 0 Å². The van der Waals surface area contributed by atoms with Crippen LogP contribution >= 0.6 is 0 Å². The molecule has 0 aromatic carbocycles. The second-order valence-corrected chi connectivity index (χ2v) is 1.33. The summed E-state index contributed by atoms with van der Waals surface area (Å²) in [4.78, 5) is 0. The first-order valence-electron chi connectivity index (χ1n) is 2.53. The first-order chi connectivity index (χ1) is 3.41. The Morgan fingerprint density at radius 2 is 2.43 bits per heavy atom. The molecule has 41 valence electrons. The van der Waals surface area contributed by atoms with E-state index >= 15 is 0 Å². The topological polar surface area (TPSA) is 12.0 Å². The zero-order valence-electron chi connectivity index (χ0n) is 4.78. The van der Waals surface area contributed by atoms with Crippen molar-refractivity contribution in [3.63, 3.8) is 0 Å². The Kier molecular flexibility index (Phi) is 5.18. The number of hydrogen-bond acceptors (Lipinski definition) is 1. The highest BCUT2D eigenvalue weighted by Gasteiger charge is 1.67. The third kappa shape index (κ3) is 5.54. The van der Waals surface area contributed by atoms with Crippen LogP contribution < -0.4 is 5.32 Å². The third-order valence-corrected chi connectivity index (χ3v) is 0.655. The average molecular weight is 98.2 g/mol. The summed E-state index contributed by atoms with van der Waals surface area (Å²) in [5, 5.41) is 2.89. The molecule has 0 unspecified atom stereocenters. The van der Waals surface area contributed by atoms with Gasteiger partial charge in [-0.1, -0.05) is 13.0 Å². The molecule has 0 aliphatic carbocycles. The van der Waals surface area contributed by atoms with E-state index in [4.69, 9.17) is 0 Å². The number of nitrogens with one attached hydrogen (secondary N) is 1. The minimum atomic E-state index is 0.984. The normalized spacial score (nSPS) is 10.0. The molecule has 1 nitrogen and oxygen atoms in total. The molecule has 0 fully saturated rings. The Hall–Kier alpha value is -0.460. The van der Waals surface area contributed by atoms with Crippen molar-refractivity contribution in [1.82, 2.24) is 5.32 Å². The predicted octanol–water partition coefficient (Wildman–Crippen LogP) is 1.33. The summed E-state index contributed by atoms with van der Waals surface area (Å²) in [6, 6.07) is 0. The molecular weight excluding hydrogens is 86.1 g/mol. The van der Waals surface area contributed by atoms with Gasteiger partial charge < -0.3 is 5.32 Å². The van der Waals surface area contributed by atoms with E-state index in [2.05, 4.69) is 18.3 Å². The summed E-state index contributed by atoms with van der Waals surface area (Å²) < 4.78 is 0. The van der Waals surface area contributed by atoms with Crippen LogP contribution in [0.5, 0.6) is 0 Å². The highest BCUT2D eigenvalue weighted by atomic mass is 14.8. The summed E-state index contributed by atoms with van der Waals surface area (Å²) in [7, 11) is 1.89. The number of unbranched alkanes of at least 4 members (excludes halogenated alkanes) is 1. The second kappa shape index (κ2) is 5.54. The largest absolute Gasteiger partial charge is 0.394 e. The monoisotopic (exact) mass is 98.1 g/mol. The highest BCUT2D eigenvalue weighted by Crippen LogP contribution is 1.84. The van der Waals surface area contributed by atoms with Crippen LogP contribution in [0, 0.1) is 6.92 Å². The predicted molar refractivity (Wildman–Crippen MR) is 32.8 cm³/mol. The van der Waals surface area contributed by atoms with Crippen molar-refractivity contribution in [3.05, 3.63) is 19.2 Å². The molecule has 0 atom stereocenters. The third-order valence-electron chi connectivity index (χ3n) is 0.655. The quantitative estimate of drug-likeness (QED) is 0.561. The van der Waals surface area contributed by atoms with Gasteiger partial charge in [-0.25, -0.2) is 0 Å². The van der Waals surface area contributed by atoms with Crippen LogP contribution in [-0.4, -0.2) is 7.05 Å². The second-order valence-electron chi connectivity index (χ2n) is 1.33. The van der Waals surface area contributed by atoms with Crippen LogP contribution in [0.25, 0.3) is 0 Å². The molecule has 7 heavy (non-hydrogen) atoms. The van der Waals surface area contributed by atoms with Crippen LogP contribution in [-0.2, 0) is 0 Å². The van der Waals surface area contributed by atoms with Gasteiger partial charge in [0.2, 0.25) is 0 Å². The lowest BCUT2D eigenvalue weighted by atomic mass is 10.3. The van der Waals surface area contributed by atoms with Crippen molar-refractivity contribution in [2.24, 2.45) is 0 Å². The van der Waals surface area contributed by atoms with Crippen LogP contribution in [0.4, 0.5) is 0 Å². The standard InChI is InChI=1S/C6H12N/c1-3-4-5-6-7-2/h5-7H,1,3-4H2,2H3/b6-5+. The number of rotatable bonds is 3. The Balaban J connectivity index is 2.78. The van der Waals surface area contributed by atoms with Crippen LogP contribution in [0.3, 0.4) is 0 Å². The van der Waals surface area contributed by atoms with E-state index in [1.54, 1.807) is 0 Å². The maximum Gasteiger partial charge on any atom is 0.00276 e. The van der Waals surface area contributed by atoms with Crippen molar-refractivity contribution in [2.45, 2.75) is 12.8 Å². The van der Waals surface area contributed by atoms with Gasteiger partial charge in [0.15, 0.2) is 0 Å². The molecular formula is C6H12N. The fraction of sp³-hybridized carbons (Fsp3) is 0.500. The molecule has 0 aromatic heterocycles. The Morgan fingerprint density at radius 1 is 1.71 bits per heavy atom. The minimum Gasteiger partial charge on any atom is -0.394 e. The van der Waals surface area contributed by atoms with E-state index in [0.717, 1.165) is 12.8 Å². The summed E-state index contributed by atoms with van der Waals surface area (Å²) >= 11 is 0. The number of hydrogen-bond donors (Lipinski definition) is 1. The highest BCUT2D eigenvalue weighted by molar-refractivity contribution is 4.77. The van der Waals surface area contributed by atoms with Gasteiger partial charge >= 0.3 is 0 Å². The number of allylic oxidation sites excluding steroid dienone is 1. The zero-order chi connectivity index (χ0) is 5.54. The molecule has 1 heteroatoms. The molecule has 1 N–H and O–H groups in total. The zero-order valence-corrected chi connectivity index (χ0v) is 4.78. The van der Waals surface area contributed by atoms with E-state index in [1.807, 2.05) is 13.2 Å². The van der Waals surface area contributed by atoms with Gasteiger partial charge in [-0.05, 0) is 19.0 Å².